The number of hydrogen-bond acceptors (Lipinski definition) is 22. The predicted molar refractivity (Wildman–Crippen MR) is 583 cm³/mol. The Kier molecular flexibility index (Phi) is 42.3. The minimum atomic E-state index is -3.97. The zero-order valence-corrected chi connectivity index (χ0v) is 85.0. The van der Waals surface area contributed by atoms with Crippen molar-refractivity contribution in [1.29, 1.82) is 0 Å². The highest BCUT2D eigenvalue weighted by molar-refractivity contribution is 8.27. The number of anilines is 4. The van der Waals surface area contributed by atoms with Crippen LogP contribution in [-0.2, 0) is 29.3 Å². The van der Waals surface area contributed by atoms with Crippen molar-refractivity contribution in [1.82, 2.24) is 19.7 Å². The van der Waals surface area contributed by atoms with Gasteiger partial charge >= 0.3 is 0 Å². The van der Waals surface area contributed by atoms with E-state index in [0.717, 1.165) is 81.3 Å². The van der Waals surface area contributed by atoms with Crippen molar-refractivity contribution >= 4 is 199 Å². The Labute approximate surface area is 835 Å². The number of thioether (sulfide) groups is 5. The number of amides is 3. The summed E-state index contributed by atoms with van der Waals surface area (Å²) in [7, 11) is -2.43. The van der Waals surface area contributed by atoms with Crippen molar-refractivity contribution in [3.8, 4) is 17.2 Å². The quantitative estimate of drug-likeness (QED) is 0.0122. The van der Waals surface area contributed by atoms with Crippen molar-refractivity contribution in [3.63, 3.8) is 0 Å². The highest BCUT2D eigenvalue weighted by Crippen LogP contribution is 2.50. The largest absolute Gasteiger partial charge is 0.504 e. The first kappa shape index (κ1) is 105. The van der Waals surface area contributed by atoms with Crippen LogP contribution >= 0.6 is 95.5 Å². The van der Waals surface area contributed by atoms with Crippen LogP contribution in [-0.4, -0.2) is 140 Å². The van der Waals surface area contributed by atoms with Gasteiger partial charge in [-0.2, -0.15) is 8.42 Å². The Bertz CT molecular complexity index is 5980. The molecule has 6 aromatic carbocycles. The van der Waals surface area contributed by atoms with Crippen LogP contribution in [0.5, 0.6) is 17.2 Å². The summed E-state index contributed by atoms with van der Waals surface area (Å²) in [5.41, 5.74) is 13.1. The minimum Gasteiger partial charge on any atom is -0.504 e. The van der Waals surface area contributed by atoms with E-state index in [1.165, 1.54) is 175 Å². The molecule has 0 unspecified atom stereocenters. The molecule has 135 heavy (non-hydrogen) atoms. The molecule has 3 saturated heterocycles. The van der Waals surface area contributed by atoms with Gasteiger partial charge in [0.2, 0.25) is 0 Å². The molecule has 8 aliphatic rings. The van der Waals surface area contributed by atoms with Crippen molar-refractivity contribution < 1.29 is 46.7 Å². The van der Waals surface area contributed by atoms with Crippen LogP contribution < -0.4 is 29.1 Å². The zero-order valence-electron chi connectivity index (χ0n) is 77.6. The molecule has 0 radical (unpaired) electrons. The number of phenols is 1. The Balaban J connectivity index is 0.000000164. The summed E-state index contributed by atoms with van der Waals surface area (Å²) in [6, 6.07) is 46.4. The number of nitrogens with zero attached hydrogens (tertiary/aromatic N) is 8. The summed E-state index contributed by atoms with van der Waals surface area (Å²) in [6.45, 7) is 23.5. The number of ether oxygens (including phenoxy) is 2. The van der Waals surface area contributed by atoms with Gasteiger partial charge in [0.05, 0.1) is 61.1 Å². The van der Waals surface area contributed by atoms with Gasteiger partial charge in [0, 0.05) is 102 Å². The third kappa shape index (κ3) is 30.5. The number of benzene rings is 6. The molecule has 0 saturated carbocycles. The Morgan fingerprint density at radius 2 is 0.956 bits per heavy atom. The van der Waals surface area contributed by atoms with E-state index in [0.29, 0.717) is 72.6 Å². The number of carbonyl (C=O) groups is 4. The highest BCUT2D eigenvalue weighted by Gasteiger charge is 2.35. The molecule has 18 nitrogen and oxygen atoms in total. The van der Waals surface area contributed by atoms with Crippen LogP contribution in [0.1, 0.15) is 166 Å². The van der Waals surface area contributed by atoms with E-state index in [2.05, 4.69) is 151 Å². The standard InChI is InChI=1S/C27H36N2OS3.C25H32N2O2S3.C19H20N2O4S3.C19H17NO.C18H15NO2/c1-3-5-6-7-8-9-10-11-12-15-21-28-22-16-13-14-17-23(22)32-25(28)19-18-24-26(30)29(20-4-2)27(31)33-24;1-4-7-8-9-10-11-17-26-20-13-12-19(29-6-3)18-22(20)31-23(26)15-14-21-24(28)27(16-5-2)25(30)32-21;1-2-21-18(22)17(27-19(21)26)9-8-14-10-12-20(11-5-13-28(23,24)25)16-7-4-3-6-15(14)16;1-2-20-14-13-16(18-5-3-4-6-19(18)20)10-7-15-8-11-17(21)12-9-15;1-21-18-12-13(7-9-17(18)20)6-8-14-10-11-19-16-5-3-2-4-15(14)16/h4,13-14,16-19H,2-3,5-12,15,20-21H2,1H3;5,12-15,18H,2,4,6-11,16-17H2,1,3H3;3-4,6-10,12H,2,5,11,13H2,1H3,(H,23,24,25);3-14H,2H2,1H3;2-12,20H,1H3/b24-18+,25-19-;21-14+,23-15-;14-8+,17-9+;16-10+;8-6+. The molecule has 0 spiro atoms. The number of hydrogen-bond donors (Lipinski definition) is 2. The summed E-state index contributed by atoms with van der Waals surface area (Å²) in [4.78, 5) is 71.3. The van der Waals surface area contributed by atoms with Gasteiger partial charge in [0.25, 0.3) is 27.8 Å². The second-order valence-electron chi connectivity index (χ2n) is 32.1. The maximum atomic E-state index is 12.7. The fourth-order valence-corrected chi connectivity index (χ4v) is 22.0. The second-order valence-corrected chi connectivity index (χ2v) is 40.8. The van der Waals surface area contributed by atoms with Crippen molar-refractivity contribution in [2.24, 2.45) is 0 Å². The molecular weight excluding hydrogens is 1860 g/mol. The number of phenolic OH excluding ortho intramolecular Hbond substituents is 1. The molecular formula is C108H120N8O10S9. The fraction of sp³-hybridized carbons (Fsp3) is 0.296. The van der Waals surface area contributed by atoms with Gasteiger partial charge in [-0.1, -0.05) is 327 Å². The van der Waals surface area contributed by atoms with E-state index in [-0.39, 0.29) is 35.0 Å². The maximum Gasteiger partial charge on any atom is 0.266 e. The topological polar surface area (TPSA) is 197 Å². The highest BCUT2D eigenvalue weighted by atomic mass is 32.2. The number of rotatable bonds is 37. The lowest BCUT2D eigenvalue weighted by molar-refractivity contribution is -0.122. The summed E-state index contributed by atoms with van der Waals surface area (Å²) < 4.78 is 43.4. The van der Waals surface area contributed by atoms with Gasteiger partial charge in [-0.3, -0.25) is 43.4 Å². The molecule has 7 aromatic rings. The molecule has 0 bridgehead atoms. The molecule has 3 fully saturated rings. The number of thiocarbonyl (C=S) groups is 3. The fourth-order valence-electron chi connectivity index (χ4n) is 15.6. The van der Waals surface area contributed by atoms with E-state index >= 15 is 0 Å². The normalized spacial score (nSPS) is 17.4. The molecule has 7 aliphatic heterocycles. The van der Waals surface area contributed by atoms with Crippen LogP contribution in [0.3, 0.4) is 0 Å². The molecule has 27 heteroatoms. The molecule has 8 heterocycles. The molecule has 0 atom stereocenters. The van der Waals surface area contributed by atoms with E-state index in [1.54, 1.807) is 94.0 Å². The summed E-state index contributed by atoms with van der Waals surface area (Å²) in [5, 5.41) is 13.0. The predicted octanol–water partition coefficient (Wildman–Crippen LogP) is 27.0. The Morgan fingerprint density at radius 3 is 1.50 bits per heavy atom. The molecule has 3 amide bonds. The summed E-state index contributed by atoms with van der Waals surface area (Å²) in [6.07, 6.45) is 61.3. The first-order valence-electron chi connectivity index (χ1n) is 46.2. The molecule has 706 valence electrons. The average molecular weight is 1980 g/mol. The van der Waals surface area contributed by atoms with Crippen LogP contribution in [0.2, 0.25) is 0 Å². The van der Waals surface area contributed by atoms with Crippen molar-refractivity contribution in [2.75, 3.05) is 84.9 Å². The van der Waals surface area contributed by atoms with Crippen LogP contribution in [0.25, 0.3) is 34.2 Å². The Hall–Kier alpha value is -10.6. The smallest absolute Gasteiger partial charge is 0.266 e. The molecule has 1 aliphatic carbocycles. The molecule has 15 rings (SSSR count). The lowest BCUT2D eigenvalue weighted by Crippen LogP contribution is -2.27. The van der Waals surface area contributed by atoms with Crippen LogP contribution in [0.15, 0.2) is 309 Å². The average Bonchev–Trinajstić information content (AvgIpc) is 1.67. The lowest BCUT2D eigenvalue weighted by atomic mass is 9.98. The van der Waals surface area contributed by atoms with Crippen molar-refractivity contribution in [3.05, 3.63) is 321 Å². The number of ketones is 1. The SMILES string of the molecule is C=CCN1C(=O)/C(=C\C=C2/Sc3cc(OCC)ccc3N2CCCCCCCC)SC1=S.C=CCN1C(=O)/C(=C\C=C2/Sc3ccccc3N2CCCCCCCCCCCC)SC1=S.CCN1C(=O)/C(=C\C=C2/C=CN(CCCS(=O)(=O)O)c3ccccc32)SC1=S.CCN1C=C/C(=C\C=C2C=CC(=O)C=C2)c2ccccc21.COc1cc(/C=C/c2ccnc3ccccc23)ccc1O. The summed E-state index contributed by atoms with van der Waals surface area (Å²) in [5.74, 6) is 1.13. The van der Waals surface area contributed by atoms with E-state index < -0.39 is 10.1 Å². The summed E-state index contributed by atoms with van der Waals surface area (Å²) >= 11 is 23.5. The van der Waals surface area contributed by atoms with Crippen molar-refractivity contribution in [2.45, 2.75) is 154 Å². The lowest BCUT2D eigenvalue weighted by Gasteiger charge is -2.27. The number of allylic oxidation sites excluding steroid dienone is 17. The van der Waals surface area contributed by atoms with Gasteiger partial charge in [0.1, 0.15) is 18.7 Å². The van der Waals surface area contributed by atoms with Gasteiger partial charge in [-0.25, -0.2) is 0 Å². The number of methoxy groups -OCH3 is 1. The maximum absolute atomic E-state index is 12.7. The van der Waals surface area contributed by atoms with Crippen LogP contribution in [0, 0.1) is 0 Å². The van der Waals surface area contributed by atoms with Gasteiger partial charge < -0.3 is 34.2 Å². The number of pyridine rings is 1. The number of likely N-dealkylation sites (N-methyl/N-ethyl adjacent to an activating group) is 1. The molecule has 1 aromatic heterocycles. The molecule has 2 N–H and O–H groups in total. The number of carbonyl (C=O) groups excluding carboxylic acids is 4. The third-order valence-electron chi connectivity index (χ3n) is 22.6. The van der Waals surface area contributed by atoms with E-state index in [4.69, 9.17) is 50.7 Å². The van der Waals surface area contributed by atoms with E-state index in [9.17, 15) is 32.7 Å². The first-order valence-corrected chi connectivity index (χ1v) is 53.1. The van der Waals surface area contributed by atoms with Gasteiger partial charge in [-0.05, 0) is 189 Å². The Morgan fingerprint density at radius 1 is 0.459 bits per heavy atom. The third-order valence-corrected chi connectivity index (χ3v) is 29.8. The zero-order chi connectivity index (χ0) is 96.0. The number of para-hydroxylation sites is 4. The number of aromatic nitrogens is 1. The number of unbranched alkanes of at least 4 members (excludes halogenated alkanes) is 14. The van der Waals surface area contributed by atoms with Gasteiger partial charge in [0.15, 0.2) is 17.3 Å². The van der Waals surface area contributed by atoms with Crippen LogP contribution in [0.4, 0.5) is 22.7 Å². The minimum absolute atomic E-state index is 0.0245. The monoisotopic (exact) mass is 1980 g/mol. The second kappa shape index (κ2) is 54.4. The first-order chi connectivity index (χ1) is 65.6. The number of fused-ring (bicyclic) bond motifs is 5. The number of aromatic hydroxyl groups is 1. The van der Waals surface area contributed by atoms with Gasteiger partial charge in [-0.15, -0.1) is 13.2 Å². The van der Waals surface area contributed by atoms with E-state index in [1.807, 2.05) is 140 Å².